The molecule has 0 saturated carbocycles. The monoisotopic (exact) mass is 375 g/mol. The van der Waals surface area contributed by atoms with Crippen LogP contribution in [0.2, 0.25) is 5.02 Å². The van der Waals surface area contributed by atoms with Gasteiger partial charge in [0.1, 0.15) is 0 Å². The lowest BCUT2D eigenvalue weighted by molar-refractivity contribution is 0.0398. The molecule has 1 amide bonds. The van der Waals surface area contributed by atoms with Crippen LogP contribution in [0.5, 0.6) is 0 Å². The van der Waals surface area contributed by atoms with Crippen LogP contribution in [0.1, 0.15) is 15.9 Å². The molecule has 1 aromatic heterocycles. The van der Waals surface area contributed by atoms with Gasteiger partial charge in [-0.3, -0.25) is 9.69 Å². The summed E-state index contributed by atoms with van der Waals surface area (Å²) in [6.07, 6.45) is 3.06. The molecule has 0 spiro atoms. The van der Waals surface area contributed by atoms with E-state index in [1.807, 2.05) is 12.1 Å². The van der Waals surface area contributed by atoms with Crippen LogP contribution in [0.3, 0.4) is 0 Å². The summed E-state index contributed by atoms with van der Waals surface area (Å²) in [7, 11) is 0. The summed E-state index contributed by atoms with van der Waals surface area (Å²) >= 11 is 5.85. The van der Waals surface area contributed by atoms with E-state index >= 15 is 0 Å². The van der Waals surface area contributed by atoms with Gasteiger partial charge in [0.05, 0.1) is 18.8 Å². The van der Waals surface area contributed by atoms with E-state index < -0.39 is 0 Å². The minimum Gasteiger partial charge on any atom is -0.379 e. The number of morpholine rings is 1. The van der Waals surface area contributed by atoms with Crippen LogP contribution < -0.4 is 10.6 Å². The molecule has 138 valence electrons. The van der Waals surface area contributed by atoms with Gasteiger partial charge >= 0.3 is 0 Å². The van der Waals surface area contributed by atoms with E-state index in [9.17, 15) is 4.79 Å². The maximum Gasteiger partial charge on any atom is 0.254 e. The Bertz CT molecular complexity index is 703. The molecule has 0 radical (unpaired) electrons. The number of anilines is 1. The summed E-state index contributed by atoms with van der Waals surface area (Å²) in [5, 5.41) is 6.68. The summed E-state index contributed by atoms with van der Waals surface area (Å²) in [5.74, 6) is 0.312. The average molecular weight is 376 g/mol. The van der Waals surface area contributed by atoms with Gasteiger partial charge in [0, 0.05) is 50.1 Å². The van der Waals surface area contributed by atoms with Gasteiger partial charge in [-0.05, 0) is 17.7 Å². The first-order valence-electron chi connectivity index (χ1n) is 8.59. The highest BCUT2D eigenvalue weighted by Crippen LogP contribution is 2.09. The number of hydrogen-bond donors (Lipinski definition) is 2. The number of hydrogen-bond acceptors (Lipinski definition) is 6. The highest BCUT2D eigenvalue weighted by Gasteiger charge is 2.10. The molecule has 26 heavy (non-hydrogen) atoms. The predicted octanol–water partition coefficient (Wildman–Crippen LogP) is 1.80. The van der Waals surface area contributed by atoms with E-state index in [4.69, 9.17) is 16.3 Å². The van der Waals surface area contributed by atoms with Crippen molar-refractivity contribution in [3.63, 3.8) is 0 Å². The molecular weight excluding hydrogens is 354 g/mol. The Morgan fingerprint density at radius 3 is 2.54 bits per heavy atom. The second-order valence-electron chi connectivity index (χ2n) is 5.99. The number of nitrogens with zero attached hydrogens (tertiary/aromatic N) is 3. The van der Waals surface area contributed by atoms with Gasteiger partial charge in [-0.1, -0.05) is 23.7 Å². The zero-order valence-electron chi connectivity index (χ0n) is 14.4. The van der Waals surface area contributed by atoms with Crippen molar-refractivity contribution in [2.75, 3.05) is 44.7 Å². The highest BCUT2D eigenvalue weighted by atomic mass is 35.5. The first-order valence-corrected chi connectivity index (χ1v) is 8.97. The number of nitrogens with one attached hydrogen (secondary N) is 2. The number of carbonyl (C=O) groups is 1. The van der Waals surface area contributed by atoms with Gasteiger partial charge < -0.3 is 15.4 Å². The summed E-state index contributed by atoms with van der Waals surface area (Å²) in [6.45, 7) is 5.57. The van der Waals surface area contributed by atoms with Crippen LogP contribution in [0.25, 0.3) is 0 Å². The Kier molecular flexibility index (Phi) is 6.76. The lowest BCUT2D eigenvalue weighted by Crippen LogP contribution is -2.39. The van der Waals surface area contributed by atoms with Gasteiger partial charge in [-0.2, -0.15) is 0 Å². The van der Waals surface area contributed by atoms with Gasteiger partial charge in [0.2, 0.25) is 5.95 Å². The average Bonchev–Trinajstić information content (AvgIpc) is 2.69. The van der Waals surface area contributed by atoms with Crippen LogP contribution in [0.4, 0.5) is 5.95 Å². The topological polar surface area (TPSA) is 79.4 Å². The zero-order chi connectivity index (χ0) is 18.2. The first kappa shape index (κ1) is 18.6. The minimum absolute atomic E-state index is 0.209. The second-order valence-corrected chi connectivity index (χ2v) is 6.42. The van der Waals surface area contributed by atoms with Gasteiger partial charge in [0.15, 0.2) is 0 Å². The van der Waals surface area contributed by atoms with Crippen LogP contribution in [-0.2, 0) is 11.3 Å². The second kappa shape index (κ2) is 9.47. The molecule has 0 unspecified atom stereocenters. The smallest absolute Gasteiger partial charge is 0.254 e. The summed E-state index contributed by atoms with van der Waals surface area (Å²) in [6, 6.07) is 7.34. The standard InChI is InChI=1S/C18H22ClN5O2/c19-16-3-1-14(2-4-16)11-21-17(25)15-12-22-18(23-13-15)20-5-6-24-7-9-26-10-8-24/h1-4,12-13H,5-11H2,(H,21,25)(H,20,22,23). The van der Waals surface area contributed by atoms with E-state index in [1.165, 1.54) is 12.4 Å². The number of rotatable bonds is 7. The Morgan fingerprint density at radius 2 is 1.85 bits per heavy atom. The van der Waals surface area contributed by atoms with Crippen molar-refractivity contribution in [2.24, 2.45) is 0 Å². The van der Waals surface area contributed by atoms with Crippen LogP contribution >= 0.6 is 11.6 Å². The lowest BCUT2D eigenvalue weighted by Gasteiger charge is -2.26. The predicted molar refractivity (Wildman–Crippen MR) is 100 cm³/mol. The van der Waals surface area contributed by atoms with Crippen LogP contribution in [-0.4, -0.2) is 60.2 Å². The SMILES string of the molecule is O=C(NCc1ccc(Cl)cc1)c1cnc(NCCN2CCOCC2)nc1. The van der Waals surface area contributed by atoms with Crippen molar-refractivity contribution >= 4 is 23.5 Å². The van der Waals surface area contributed by atoms with Crippen molar-refractivity contribution < 1.29 is 9.53 Å². The van der Waals surface area contributed by atoms with E-state index in [0.717, 1.165) is 45.0 Å². The fourth-order valence-electron chi connectivity index (χ4n) is 2.57. The van der Waals surface area contributed by atoms with Crippen molar-refractivity contribution in [2.45, 2.75) is 6.54 Å². The van der Waals surface area contributed by atoms with Crippen molar-refractivity contribution in [1.82, 2.24) is 20.2 Å². The summed E-state index contributed by atoms with van der Waals surface area (Å²) in [5.41, 5.74) is 1.41. The Balaban J connectivity index is 1.42. The van der Waals surface area contributed by atoms with Gasteiger partial charge in [-0.25, -0.2) is 9.97 Å². The molecular formula is C18H22ClN5O2. The van der Waals surface area contributed by atoms with Crippen LogP contribution in [0, 0.1) is 0 Å². The molecule has 1 aromatic carbocycles. The number of carbonyl (C=O) groups excluding carboxylic acids is 1. The van der Waals surface area contributed by atoms with Gasteiger partial charge in [0.25, 0.3) is 5.91 Å². The first-order chi connectivity index (χ1) is 12.7. The molecule has 2 aromatic rings. The largest absolute Gasteiger partial charge is 0.379 e. The number of halogens is 1. The number of benzene rings is 1. The third-order valence-corrected chi connectivity index (χ3v) is 4.35. The molecule has 2 N–H and O–H groups in total. The van der Waals surface area contributed by atoms with E-state index in [0.29, 0.717) is 23.1 Å². The molecule has 3 rings (SSSR count). The minimum atomic E-state index is -0.209. The van der Waals surface area contributed by atoms with E-state index in [2.05, 4.69) is 25.5 Å². The lowest BCUT2D eigenvalue weighted by atomic mass is 10.2. The summed E-state index contributed by atoms with van der Waals surface area (Å²) < 4.78 is 5.32. The van der Waals surface area contributed by atoms with E-state index in [-0.39, 0.29) is 5.91 Å². The molecule has 0 aliphatic carbocycles. The highest BCUT2D eigenvalue weighted by molar-refractivity contribution is 6.30. The normalized spacial score (nSPS) is 14.8. The fourth-order valence-corrected chi connectivity index (χ4v) is 2.70. The fraction of sp³-hybridized carbons (Fsp3) is 0.389. The Hall–Kier alpha value is -2.22. The molecule has 1 aliphatic rings. The van der Waals surface area contributed by atoms with Crippen LogP contribution in [0.15, 0.2) is 36.7 Å². The molecule has 2 heterocycles. The maximum atomic E-state index is 12.2. The molecule has 0 bridgehead atoms. The quantitative estimate of drug-likeness (QED) is 0.768. The van der Waals surface area contributed by atoms with E-state index in [1.54, 1.807) is 12.1 Å². The van der Waals surface area contributed by atoms with Crippen molar-refractivity contribution in [3.8, 4) is 0 Å². The molecule has 1 saturated heterocycles. The van der Waals surface area contributed by atoms with Crippen molar-refractivity contribution in [1.29, 1.82) is 0 Å². The Morgan fingerprint density at radius 1 is 1.15 bits per heavy atom. The van der Waals surface area contributed by atoms with Crippen molar-refractivity contribution in [3.05, 3.63) is 52.8 Å². The summed E-state index contributed by atoms with van der Waals surface area (Å²) in [4.78, 5) is 22.9. The maximum absolute atomic E-state index is 12.2. The number of ether oxygens (including phenoxy) is 1. The molecule has 7 nitrogen and oxygen atoms in total. The molecule has 1 aliphatic heterocycles. The molecule has 0 atom stereocenters. The number of aromatic nitrogens is 2. The zero-order valence-corrected chi connectivity index (χ0v) is 15.2. The molecule has 8 heteroatoms. The third-order valence-electron chi connectivity index (χ3n) is 4.10. The molecule has 1 fully saturated rings. The third kappa shape index (κ3) is 5.66. The Labute approximate surface area is 157 Å². The number of amides is 1. The van der Waals surface area contributed by atoms with Gasteiger partial charge in [-0.15, -0.1) is 0 Å².